The number of aromatic nitrogens is 1. The van der Waals surface area contributed by atoms with Crippen LogP contribution in [-0.2, 0) is 0 Å². The van der Waals surface area contributed by atoms with E-state index in [4.69, 9.17) is 17.3 Å². The second-order valence-electron chi connectivity index (χ2n) is 3.55. The van der Waals surface area contributed by atoms with Crippen LogP contribution in [0.3, 0.4) is 0 Å². The zero-order valence-corrected chi connectivity index (χ0v) is 9.91. The highest BCUT2D eigenvalue weighted by molar-refractivity contribution is 6.30. The van der Waals surface area contributed by atoms with Crippen molar-refractivity contribution >= 4 is 28.9 Å². The second-order valence-corrected chi connectivity index (χ2v) is 3.99. The first kappa shape index (κ1) is 12.3. The minimum Gasteiger partial charge on any atom is -0.396 e. The van der Waals surface area contributed by atoms with Gasteiger partial charge in [-0.15, -0.1) is 0 Å². The van der Waals surface area contributed by atoms with Crippen LogP contribution in [-0.4, -0.2) is 10.9 Å². The first-order valence-corrected chi connectivity index (χ1v) is 5.42. The maximum absolute atomic E-state index is 13.2. The van der Waals surface area contributed by atoms with Gasteiger partial charge in [-0.3, -0.25) is 4.79 Å². The number of hydrogen-bond donors (Lipinski definition) is 2. The molecule has 1 aromatic carbocycles. The summed E-state index contributed by atoms with van der Waals surface area (Å²) in [4.78, 5) is 15.6. The Morgan fingerprint density at radius 3 is 2.72 bits per heavy atom. The van der Waals surface area contributed by atoms with Crippen LogP contribution in [0.1, 0.15) is 10.5 Å². The molecule has 2 aromatic rings. The first-order valence-electron chi connectivity index (χ1n) is 5.04. The molecule has 0 aliphatic rings. The number of nitrogens with two attached hydrogens (primary N) is 1. The molecule has 0 atom stereocenters. The van der Waals surface area contributed by atoms with E-state index >= 15 is 0 Å². The number of nitrogens with zero attached hydrogens (tertiary/aromatic N) is 1. The number of anilines is 2. The molecule has 0 unspecified atom stereocenters. The van der Waals surface area contributed by atoms with E-state index < -0.39 is 11.7 Å². The molecule has 92 valence electrons. The number of nitrogen functional groups attached to an aromatic ring is 1. The Bertz CT molecular complexity index is 586. The predicted octanol–water partition coefficient (Wildman–Crippen LogP) is 2.71. The highest BCUT2D eigenvalue weighted by atomic mass is 35.5. The third kappa shape index (κ3) is 2.75. The Kier molecular flexibility index (Phi) is 3.43. The van der Waals surface area contributed by atoms with Crippen molar-refractivity contribution in [2.45, 2.75) is 0 Å². The molecule has 0 spiro atoms. The Labute approximate surface area is 108 Å². The largest absolute Gasteiger partial charge is 0.396 e. The molecule has 4 nitrogen and oxygen atoms in total. The van der Waals surface area contributed by atoms with Crippen molar-refractivity contribution < 1.29 is 9.18 Å². The summed E-state index contributed by atoms with van der Waals surface area (Å²) >= 11 is 5.66. The van der Waals surface area contributed by atoms with Crippen LogP contribution in [0.5, 0.6) is 0 Å². The standard InChI is InChI=1S/C12H9ClFN3O/c13-7-1-4-11(16-6-7)12(18)17-8-2-3-10(15)9(14)5-8/h1-6H,15H2,(H,17,18). The molecule has 0 aliphatic carbocycles. The van der Waals surface area contributed by atoms with E-state index in [0.717, 1.165) is 6.07 Å². The van der Waals surface area contributed by atoms with Gasteiger partial charge in [0.05, 0.1) is 10.7 Å². The topological polar surface area (TPSA) is 68.0 Å². The summed E-state index contributed by atoms with van der Waals surface area (Å²) < 4.78 is 13.2. The Balaban J connectivity index is 2.16. The van der Waals surface area contributed by atoms with Crippen LogP contribution in [0.2, 0.25) is 5.02 Å². The number of benzene rings is 1. The van der Waals surface area contributed by atoms with E-state index in [-0.39, 0.29) is 11.4 Å². The number of halogens is 2. The maximum atomic E-state index is 13.2. The molecule has 1 amide bonds. The maximum Gasteiger partial charge on any atom is 0.274 e. The Hall–Kier alpha value is -2.14. The number of carbonyl (C=O) groups excluding carboxylic acids is 1. The summed E-state index contributed by atoms with van der Waals surface area (Å²) in [7, 11) is 0. The number of pyridine rings is 1. The average Bonchev–Trinajstić information content (AvgIpc) is 2.34. The normalized spacial score (nSPS) is 10.1. The summed E-state index contributed by atoms with van der Waals surface area (Å²) in [5, 5.41) is 2.94. The van der Waals surface area contributed by atoms with Gasteiger partial charge in [0.2, 0.25) is 0 Å². The Morgan fingerprint density at radius 2 is 2.11 bits per heavy atom. The van der Waals surface area contributed by atoms with Crippen molar-refractivity contribution in [1.82, 2.24) is 4.98 Å². The number of nitrogens with one attached hydrogen (secondary N) is 1. The van der Waals surface area contributed by atoms with Crippen LogP contribution in [0, 0.1) is 5.82 Å². The smallest absolute Gasteiger partial charge is 0.274 e. The summed E-state index contributed by atoms with van der Waals surface area (Å²) in [6, 6.07) is 7.05. The SMILES string of the molecule is Nc1ccc(NC(=O)c2ccc(Cl)cn2)cc1F. The van der Waals surface area contributed by atoms with E-state index in [1.54, 1.807) is 6.07 Å². The quantitative estimate of drug-likeness (QED) is 0.821. The lowest BCUT2D eigenvalue weighted by atomic mass is 10.2. The molecule has 1 aromatic heterocycles. The summed E-state index contributed by atoms with van der Waals surface area (Å²) in [6.07, 6.45) is 1.36. The van der Waals surface area contributed by atoms with Crippen molar-refractivity contribution in [2.24, 2.45) is 0 Å². The fourth-order valence-corrected chi connectivity index (χ4v) is 1.42. The van der Waals surface area contributed by atoms with Gasteiger partial charge in [0.1, 0.15) is 11.5 Å². The third-order valence-electron chi connectivity index (χ3n) is 2.22. The van der Waals surface area contributed by atoms with Gasteiger partial charge in [-0.05, 0) is 30.3 Å². The molecular formula is C12H9ClFN3O. The molecule has 18 heavy (non-hydrogen) atoms. The zero-order chi connectivity index (χ0) is 13.1. The fourth-order valence-electron chi connectivity index (χ4n) is 1.31. The van der Waals surface area contributed by atoms with Gasteiger partial charge in [0.25, 0.3) is 5.91 Å². The van der Waals surface area contributed by atoms with Gasteiger partial charge < -0.3 is 11.1 Å². The molecule has 6 heteroatoms. The molecule has 0 bridgehead atoms. The minimum atomic E-state index is -0.586. The van der Waals surface area contributed by atoms with Crippen LogP contribution >= 0.6 is 11.6 Å². The molecule has 0 fully saturated rings. The summed E-state index contributed by atoms with van der Waals surface area (Å²) in [5.74, 6) is -1.03. The number of carbonyl (C=O) groups is 1. The lowest BCUT2D eigenvalue weighted by Gasteiger charge is -2.05. The molecule has 0 saturated heterocycles. The van der Waals surface area contributed by atoms with Gasteiger partial charge in [0, 0.05) is 11.9 Å². The number of hydrogen-bond acceptors (Lipinski definition) is 3. The molecule has 0 aliphatic heterocycles. The highest BCUT2D eigenvalue weighted by Crippen LogP contribution is 2.16. The van der Waals surface area contributed by atoms with Crippen LogP contribution in [0.4, 0.5) is 15.8 Å². The van der Waals surface area contributed by atoms with Crippen molar-refractivity contribution in [1.29, 1.82) is 0 Å². The second kappa shape index (κ2) is 5.01. The molecular weight excluding hydrogens is 257 g/mol. The lowest BCUT2D eigenvalue weighted by Crippen LogP contribution is -2.13. The van der Waals surface area contributed by atoms with Crippen molar-refractivity contribution in [3.05, 3.63) is 53.1 Å². The minimum absolute atomic E-state index is 0.0256. The van der Waals surface area contributed by atoms with Gasteiger partial charge in [-0.1, -0.05) is 11.6 Å². The predicted molar refractivity (Wildman–Crippen MR) is 68.0 cm³/mol. The fraction of sp³-hybridized carbons (Fsp3) is 0. The number of amides is 1. The van der Waals surface area contributed by atoms with Crippen molar-refractivity contribution in [3.8, 4) is 0 Å². The van der Waals surface area contributed by atoms with Crippen LogP contribution < -0.4 is 11.1 Å². The van der Waals surface area contributed by atoms with Crippen molar-refractivity contribution in [2.75, 3.05) is 11.1 Å². The van der Waals surface area contributed by atoms with E-state index in [2.05, 4.69) is 10.3 Å². The van der Waals surface area contributed by atoms with E-state index in [1.807, 2.05) is 0 Å². The van der Waals surface area contributed by atoms with Crippen LogP contribution in [0.15, 0.2) is 36.5 Å². The van der Waals surface area contributed by atoms with Crippen LogP contribution in [0.25, 0.3) is 0 Å². The van der Waals surface area contributed by atoms with Gasteiger partial charge in [0.15, 0.2) is 0 Å². The summed E-state index contributed by atoms with van der Waals surface area (Å²) in [5.41, 5.74) is 5.86. The molecule has 0 radical (unpaired) electrons. The number of rotatable bonds is 2. The molecule has 0 saturated carbocycles. The monoisotopic (exact) mass is 265 g/mol. The lowest BCUT2D eigenvalue weighted by molar-refractivity contribution is 0.102. The molecule has 3 N–H and O–H groups in total. The molecule has 1 heterocycles. The van der Waals surface area contributed by atoms with E-state index in [1.165, 1.54) is 24.4 Å². The third-order valence-corrected chi connectivity index (χ3v) is 2.44. The average molecular weight is 266 g/mol. The summed E-state index contributed by atoms with van der Waals surface area (Å²) in [6.45, 7) is 0. The van der Waals surface area contributed by atoms with Gasteiger partial charge >= 0.3 is 0 Å². The zero-order valence-electron chi connectivity index (χ0n) is 9.15. The first-order chi connectivity index (χ1) is 8.56. The molecule has 2 rings (SSSR count). The van der Waals surface area contributed by atoms with Gasteiger partial charge in [-0.25, -0.2) is 9.37 Å². The highest BCUT2D eigenvalue weighted by Gasteiger charge is 2.08. The van der Waals surface area contributed by atoms with E-state index in [0.29, 0.717) is 10.7 Å². The van der Waals surface area contributed by atoms with Gasteiger partial charge in [-0.2, -0.15) is 0 Å². The Morgan fingerprint density at radius 1 is 1.33 bits per heavy atom. The van der Waals surface area contributed by atoms with E-state index in [9.17, 15) is 9.18 Å². The van der Waals surface area contributed by atoms with Crippen molar-refractivity contribution in [3.63, 3.8) is 0 Å².